The summed E-state index contributed by atoms with van der Waals surface area (Å²) in [6.45, 7) is -6.30. The molecular formula is C32H23BF8OS. The summed E-state index contributed by atoms with van der Waals surface area (Å²) in [5.41, 5.74) is 0.925. The highest BCUT2D eigenvalue weighted by molar-refractivity contribution is 8.02. The quantitative estimate of drug-likeness (QED) is 0.0586. The van der Waals surface area contributed by atoms with Gasteiger partial charge in [-0.05, 0) is 47.3 Å². The molecule has 0 heterocycles. The molecule has 222 valence electrons. The van der Waals surface area contributed by atoms with E-state index in [4.69, 9.17) is 0 Å². The molecule has 0 N–H and O–H groups in total. The Labute approximate surface area is 244 Å². The van der Waals surface area contributed by atoms with Gasteiger partial charge in [-0.1, -0.05) is 95.2 Å². The van der Waals surface area contributed by atoms with Crippen LogP contribution < -0.4 is 5.46 Å². The first-order chi connectivity index (χ1) is 20.4. The summed E-state index contributed by atoms with van der Waals surface area (Å²) in [7, 11) is -2.37. The molecule has 1 nitrogen and oxygen atoms in total. The highest BCUT2D eigenvalue weighted by Gasteiger charge is 2.38. The van der Waals surface area contributed by atoms with E-state index < -0.39 is 51.5 Å². The van der Waals surface area contributed by atoms with Gasteiger partial charge in [-0.3, -0.25) is 0 Å². The third kappa shape index (κ3) is 7.40. The zero-order valence-corrected chi connectivity index (χ0v) is 23.1. The van der Waals surface area contributed by atoms with Crippen LogP contribution in [-0.2, 0) is 26.3 Å². The Balaban J connectivity index is 0.000000239. The molecule has 0 fully saturated rings. The van der Waals surface area contributed by atoms with Crippen LogP contribution in [0.3, 0.4) is 0 Å². The highest BCUT2D eigenvalue weighted by Crippen LogP contribution is 2.32. The number of hydrogen-bond donors (Lipinski definition) is 0. The van der Waals surface area contributed by atoms with Crippen LogP contribution in [0.1, 0.15) is 16.7 Å². The van der Waals surface area contributed by atoms with E-state index in [9.17, 15) is 39.1 Å². The molecule has 0 atom stereocenters. The predicted molar refractivity (Wildman–Crippen MR) is 152 cm³/mol. The van der Waals surface area contributed by atoms with Gasteiger partial charge in [0.2, 0.25) is 0 Å². The maximum Gasteiger partial charge on any atom is 0.515 e. The van der Waals surface area contributed by atoms with Crippen LogP contribution in [0.15, 0.2) is 125 Å². The first kappa shape index (κ1) is 31.7. The van der Waals surface area contributed by atoms with Gasteiger partial charge in [-0.15, -0.1) is 0 Å². The Bertz CT molecular complexity index is 1640. The van der Waals surface area contributed by atoms with E-state index in [1.54, 1.807) is 0 Å². The van der Waals surface area contributed by atoms with E-state index in [2.05, 4.69) is 48.5 Å². The van der Waals surface area contributed by atoms with Crippen molar-refractivity contribution in [3.8, 4) is 0 Å². The summed E-state index contributed by atoms with van der Waals surface area (Å²) in [6, 6.07) is 38.6. The van der Waals surface area contributed by atoms with Crippen LogP contribution in [0.25, 0.3) is 0 Å². The molecule has 0 unspecified atom stereocenters. The maximum absolute atomic E-state index is 14.1. The summed E-state index contributed by atoms with van der Waals surface area (Å²) in [4.78, 5) is 1.77. The van der Waals surface area contributed by atoms with Crippen LogP contribution in [0, 0.1) is 29.1 Å². The molecular weight excluding hydrogens is 595 g/mol. The van der Waals surface area contributed by atoms with E-state index in [0.717, 1.165) is 21.8 Å². The lowest BCUT2D eigenvalue weighted by Gasteiger charge is -2.17. The second kappa shape index (κ2) is 13.4. The third-order valence-corrected chi connectivity index (χ3v) is 9.27. The van der Waals surface area contributed by atoms with Gasteiger partial charge in [-0.25, -0.2) is 22.0 Å². The van der Waals surface area contributed by atoms with Crippen LogP contribution in [0.5, 0.6) is 0 Å². The van der Waals surface area contributed by atoms with Gasteiger partial charge in [0.15, 0.2) is 37.2 Å². The summed E-state index contributed by atoms with van der Waals surface area (Å²) in [5.74, 6) is -13.1. The monoisotopic (exact) mass is 618 g/mol. The van der Waals surface area contributed by atoms with Gasteiger partial charge in [0.05, 0.1) is 0 Å². The zero-order chi connectivity index (χ0) is 31.2. The normalized spacial score (nSPS) is 11.5. The van der Waals surface area contributed by atoms with Crippen molar-refractivity contribution in [3.05, 3.63) is 161 Å². The van der Waals surface area contributed by atoms with Crippen molar-refractivity contribution in [3.63, 3.8) is 0 Å². The molecule has 0 aromatic heterocycles. The third-order valence-electron chi connectivity index (χ3n) is 6.46. The molecule has 0 aliphatic rings. The van der Waals surface area contributed by atoms with E-state index in [1.807, 2.05) is 66.7 Å². The molecule has 5 aromatic carbocycles. The Kier molecular flexibility index (Phi) is 9.85. The molecule has 0 spiro atoms. The molecule has 0 aliphatic heterocycles. The van der Waals surface area contributed by atoms with Crippen molar-refractivity contribution in [2.45, 2.75) is 22.0 Å². The minimum atomic E-state index is -6.30. The molecule has 0 amide bonds. The fraction of sp³-hybridized carbons (Fsp3) is 0.0625. The van der Waals surface area contributed by atoms with E-state index in [0.29, 0.717) is 5.75 Å². The first-order valence-electron chi connectivity index (χ1n) is 12.9. The average Bonchev–Trinajstić information content (AvgIpc) is 3.01. The average molecular weight is 618 g/mol. The lowest BCUT2D eigenvalue weighted by Crippen LogP contribution is -2.41. The largest absolute Gasteiger partial charge is 0.515 e. The second-order valence-corrected chi connectivity index (χ2v) is 12.1. The Hall–Kier alpha value is -4.25. The van der Waals surface area contributed by atoms with Gasteiger partial charge < -0.3 is 12.9 Å². The van der Waals surface area contributed by atoms with E-state index in [-0.39, 0.29) is 0 Å². The lowest BCUT2D eigenvalue weighted by atomic mass is 9.79. The fourth-order valence-electron chi connectivity index (χ4n) is 4.31. The molecule has 0 saturated heterocycles. The number of hydrogen-bond acceptors (Lipinski definition) is 1. The van der Waals surface area contributed by atoms with Crippen LogP contribution in [-0.4, -0.2) is 6.98 Å². The van der Waals surface area contributed by atoms with Gasteiger partial charge in [-0.2, -0.15) is 0 Å². The number of rotatable bonds is 7. The summed E-state index contributed by atoms with van der Waals surface area (Å²) >= 11 is 0. The maximum atomic E-state index is 14.1. The second-order valence-electron chi connectivity index (χ2n) is 9.48. The van der Waals surface area contributed by atoms with Gasteiger partial charge in [0, 0.05) is 5.56 Å². The van der Waals surface area contributed by atoms with Crippen molar-refractivity contribution in [1.82, 2.24) is 0 Å². The Morgan fingerprint density at radius 1 is 0.465 bits per heavy atom. The molecule has 0 saturated carbocycles. The smallest absolute Gasteiger partial charge is 0.445 e. The van der Waals surface area contributed by atoms with E-state index in [1.165, 1.54) is 11.1 Å². The minimum Gasteiger partial charge on any atom is -0.445 e. The summed E-state index contributed by atoms with van der Waals surface area (Å²) in [5, 5.41) is 0. The van der Waals surface area contributed by atoms with Crippen molar-refractivity contribution in [1.29, 1.82) is 0 Å². The molecule has 0 radical (unpaired) electrons. The molecule has 5 aromatic rings. The van der Waals surface area contributed by atoms with Crippen LogP contribution in [0.2, 0.25) is 0 Å². The highest BCUT2D eigenvalue weighted by atomic mass is 32.2. The van der Waals surface area contributed by atoms with Crippen molar-refractivity contribution in [2.24, 2.45) is 0 Å². The molecule has 11 heteroatoms. The molecule has 0 aliphatic carbocycles. The molecule has 5 rings (SSSR count). The van der Waals surface area contributed by atoms with Gasteiger partial charge in [0.25, 0.3) is 0 Å². The van der Waals surface area contributed by atoms with Gasteiger partial charge >= 0.3 is 6.98 Å². The van der Waals surface area contributed by atoms with Crippen LogP contribution >= 0.6 is 0 Å². The van der Waals surface area contributed by atoms with E-state index >= 15 is 0 Å². The topological polar surface area (TPSA) is 17.1 Å². The zero-order valence-electron chi connectivity index (χ0n) is 22.3. The SMILES string of the molecule is Fc1c(F)c(F)c([B-](F)(F)F)c(F)c1F.O=[S+](Cc1ccc(Cc2ccccc2)cc1)(c1ccccc1)c1ccccc1. The fourth-order valence-corrected chi connectivity index (χ4v) is 6.77. The first-order valence-corrected chi connectivity index (χ1v) is 14.6. The lowest BCUT2D eigenvalue weighted by molar-refractivity contribution is 0.377. The molecule has 43 heavy (non-hydrogen) atoms. The number of benzene rings is 5. The summed E-state index contributed by atoms with van der Waals surface area (Å²) in [6.07, 6.45) is 0.911. The van der Waals surface area contributed by atoms with Gasteiger partial charge in [0.1, 0.15) is 17.4 Å². The van der Waals surface area contributed by atoms with Crippen LogP contribution in [0.4, 0.5) is 34.9 Å². The van der Waals surface area contributed by atoms with Crippen molar-refractivity contribution in [2.75, 3.05) is 0 Å². The minimum absolute atomic E-state index is 0.507. The predicted octanol–water partition coefficient (Wildman–Crippen LogP) is 8.83. The van der Waals surface area contributed by atoms with Crippen molar-refractivity contribution >= 4 is 22.4 Å². The summed E-state index contributed by atoms with van der Waals surface area (Å²) < 4.78 is 112. The molecule has 0 bridgehead atoms. The number of halogens is 8. The Morgan fingerprint density at radius 2 is 0.814 bits per heavy atom. The Morgan fingerprint density at radius 3 is 1.23 bits per heavy atom. The van der Waals surface area contributed by atoms with Crippen molar-refractivity contribution < 1.29 is 39.1 Å². The standard InChI is InChI=1S/C26H23OS.C6BF8/c27-28(25-12-6-2-7-13-25,26-14-8-3-9-15-26)21-24-18-16-23(17-19-24)20-22-10-4-1-5-11-22;8-2-1(7(13,14)15)3(9)5(11)6(12)4(2)10/h1-19H,20-21H2;/q+1;-1.